The Morgan fingerprint density at radius 1 is 1.27 bits per heavy atom. The highest BCUT2D eigenvalue weighted by atomic mass is 19.4. The lowest BCUT2D eigenvalue weighted by Gasteiger charge is -2.21. The fourth-order valence-corrected chi connectivity index (χ4v) is 3.77. The van der Waals surface area contributed by atoms with Crippen molar-refractivity contribution >= 4 is 23.5 Å². The van der Waals surface area contributed by atoms with Gasteiger partial charge in [-0.15, -0.1) is 0 Å². The van der Waals surface area contributed by atoms with E-state index in [9.17, 15) is 27.6 Å². The summed E-state index contributed by atoms with van der Waals surface area (Å²) in [5.74, 6) is -3.71. The monoisotopic (exact) mass is 425 g/mol. The van der Waals surface area contributed by atoms with Crippen LogP contribution in [0.5, 0.6) is 0 Å². The number of halogens is 3. The van der Waals surface area contributed by atoms with Crippen LogP contribution in [0.4, 0.5) is 18.9 Å². The molecule has 1 aliphatic carbocycles. The van der Waals surface area contributed by atoms with Crippen LogP contribution in [0.3, 0.4) is 0 Å². The van der Waals surface area contributed by atoms with Crippen LogP contribution in [0.1, 0.15) is 71.1 Å². The molecule has 0 atom stereocenters. The second kappa shape index (κ2) is 8.12. The number of carboxylic acid groups (broad SMARTS) is 1. The number of nitrogens with one attached hydrogen (secondary N) is 1. The zero-order valence-electron chi connectivity index (χ0n) is 16.6. The third-order valence-corrected chi connectivity index (χ3v) is 5.46. The number of alkyl halides is 3. The quantitative estimate of drug-likeness (QED) is 0.499. The number of benzene rings is 1. The molecule has 1 saturated carbocycles. The number of aliphatic carboxylic acids is 1. The third kappa shape index (κ3) is 4.49. The highest BCUT2D eigenvalue weighted by Gasteiger charge is 2.42. The Bertz CT molecular complexity index is 945. The van der Waals surface area contributed by atoms with E-state index in [1.54, 1.807) is 13.0 Å². The lowest BCUT2D eigenvalue weighted by Crippen LogP contribution is -2.31. The molecular formula is C21H22F3NO5. The Kier molecular flexibility index (Phi) is 5.92. The number of hydrogen-bond donors (Lipinski definition) is 2. The molecule has 162 valence electrons. The van der Waals surface area contributed by atoms with Crippen molar-refractivity contribution in [2.24, 2.45) is 0 Å². The standard InChI is InChI=1S/C21H22F3NO5/c1-10(4-8-15(26)27)3-7-13-16(12-5-6-12)11(2)14-9-30-19(28)17(14)18(13)25-20(29)21(22,23)24/h3,12H,4-9H2,1-2H3,(H,25,29)(H,26,27). The van der Waals surface area contributed by atoms with E-state index in [1.165, 1.54) is 0 Å². The van der Waals surface area contributed by atoms with Crippen molar-refractivity contribution in [2.75, 3.05) is 5.32 Å². The molecule has 0 spiro atoms. The number of rotatable bonds is 7. The first-order valence-electron chi connectivity index (χ1n) is 9.61. The van der Waals surface area contributed by atoms with Crippen LogP contribution < -0.4 is 5.32 Å². The predicted octanol–water partition coefficient (Wildman–Crippen LogP) is 4.40. The molecule has 1 aliphatic heterocycles. The Morgan fingerprint density at radius 3 is 2.50 bits per heavy atom. The van der Waals surface area contributed by atoms with Gasteiger partial charge in [0.1, 0.15) is 6.61 Å². The molecule has 6 nitrogen and oxygen atoms in total. The topological polar surface area (TPSA) is 92.7 Å². The Balaban J connectivity index is 2.10. The number of fused-ring (bicyclic) bond motifs is 1. The smallest absolute Gasteiger partial charge is 0.471 e. The summed E-state index contributed by atoms with van der Waals surface area (Å²) >= 11 is 0. The summed E-state index contributed by atoms with van der Waals surface area (Å²) in [6.45, 7) is 3.51. The predicted molar refractivity (Wildman–Crippen MR) is 101 cm³/mol. The van der Waals surface area contributed by atoms with E-state index in [4.69, 9.17) is 9.84 Å². The highest BCUT2D eigenvalue weighted by molar-refractivity contribution is 6.06. The number of carboxylic acids is 1. The molecule has 1 amide bonds. The van der Waals surface area contributed by atoms with Gasteiger partial charge in [0.2, 0.25) is 0 Å². The molecule has 0 bridgehead atoms. The molecule has 9 heteroatoms. The first-order chi connectivity index (χ1) is 14.0. The van der Waals surface area contributed by atoms with E-state index in [1.807, 2.05) is 12.2 Å². The van der Waals surface area contributed by atoms with E-state index in [0.717, 1.165) is 29.5 Å². The molecule has 3 rings (SSSR count). The fraction of sp³-hybridized carbons (Fsp3) is 0.476. The minimum Gasteiger partial charge on any atom is -0.481 e. The van der Waals surface area contributed by atoms with E-state index >= 15 is 0 Å². The summed E-state index contributed by atoms with van der Waals surface area (Å²) in [5.41, 5.74) is 3.19. The van der Waals surface area contributed by atoms with E-state index < -0.39 is 24.0 Å². The molecule has 1 aromatic carbocycles. The summed E-state index contributed by atoms with van der Waals surface area (Å²) < 4.78 is 43.9. The minimum absolute atomic E-state index is 0.0268. The molecule has 0 saturated heterocycles. The SMILES string of the molecule is CC(=CCc1c(NC(=O)C(F)(F)F)c2c(c(C)c1C1CC1)COC2=O)CCC(=O)O. The molecule has 1 heterocycles. The summed E-state index contributed by atoms with van der Waals surface area (Å²) in [4.78, 5) is 34.8. The highest BCUT2D eigenvalue weighted by Crippen LogP contribution is 2.49. The maximum Gasteiger partial charge on any atom is 0.471 e. The van der Waals surface area contributed by atoms with Gasteiger partial charge in [0, 0.05) is 12.0 Å². The number of anilines is 1. The van der Waals surface area contributed by atoms with E-state index in [0.29, 0.717) is 17.5 Å². The number of cyclic esters (lactones) is 1. The van der Waals surface area contributed by atoms with Crippen LogP contribution in [-0.4, -0.2) is 29.1 Å². The lowest BCUT2D eigenvalue weighted by atomic mass is 9.87. The number of hydrogen-bond acceptors (Lipinski definition) is 4. The second-order valence-corrected chi connectivity index (χ2v) is 7.70. The normalized spacial score (nSPS) is 16.3. The van der Waals surface area contributed by atoms with Crippen molar-refractivity contribution in [1.29, 1.82) is 0 Å². The largest absolute Gasteiger partial charge is 0.481 e. The molecule has 30 heavy (non-hydrogen) atoms. The molecule has 0 radical (unpaired) electrons. The summed E-state index contributed by atoms with van der Waals surface area (Å²) in [5, 5.41) is 10.7. The lowest BCUT2D eigenvalue weighted by molar-refractivity contribution is -0.167. The van der Waals surface area contributed by atoms with Crippen LogP contribution >= 0.6 is 0 Å². The zero-order valence-corrected chi connectivity index (χ0v) is 16.6. The average Bonchev–Trinajstić information content (AvgIpc) is 3.41. The molecule has 0 unspecified atom stereocenters. The van der Waals surface area contributed by atoms with Crippen LogP contribution in [0.2, 0.25) is 0 Å². The molecule has 1 aromatic rings. The van der Waals surface area contributed by atoms with Crippen LogP contribution in [0.25, 0.3) is 0 Å². The number of amides is 1. The van der Waals surface area contributed by atoms with Gasteiger partial charge in [-0.3, -0.25) is 9.59 Å². The van der Waals surface area contributed by atoms with Gasteiger partial charge >= 0.3 is 24.0 Å². The van der Waals surface area contributed by atoms with Crippen molar-refractivity contribution in [3.8, 4) is 0 Å². The number of ether oxygens (including phenoxy) is 1. The van der Waals surface area contributed by atoms with E-state index in [-0.39, 0.29) is 36.6 Å². The van der Waals surface area contributed by atoms with Gasteiger partial charge in [0.15, 0.2) is 0 Å². The summed E-state index contributed by atoms with van der Waals surface area (Å²) in [6.07, 6.45) is -1.23. The number of allylic oxidation sites excluding steroid dienone is 2. The van der Waals surface area contributed by atoms with Gasteiger partial charge < -0.3 is 15.2 Å². The van der Waals surface area contributed by atoms with Crippen molar-refractivity contribution < 1.29 is 37.4 Å². The Hall–Kier alpha value is -2.84. The van der Waals surface area contributed by atoms with Crippen LogP contribution in [-0.2, 0) is 27.4 Å². The van der Waals surface area contributed by atoms with E-state index in [2.05, 4.69) is 0 Å². The van der Waals surface area contributed by atoms with Crippen molar-refractivity contribution in [1.82, 2.24) is 0 Å². The fourth-order valence-electron chi connectivity index (χ4n) is 3.77. The average molecular weight is 425 g/mol. The van der Waals surface area contributed by atoms with Gasteiger partial charge in [-0.1, -0.05) is 11.6 Å². The summed E-state index contributed by atoms with van der Waals surface area (Å²) in [6, 6.07) is 0. The molecular weight excluding hydrogens is 403 g/mol. The number of carbonyl (C=O) groups excluding carboxylic acids is 2. The van der Waals surface area contributed by atoms with Gasteiger partial charge in [-0.2, -0.15) is 13.2 Å². The molecule has 1 fully saturated rings. The molecule has 2 N–H and O–H groups in total. The Labute approximate surface area is 171 Å². The first kappa shape index (κ1) is 21.9. The maximum absolute atomic E-state index is 13.0. The number of carbonyl (C=O) groups is 3. The maximum atomic E-state index is 13.0. The minimum atomic E-state index is -5.11. The summed E-state index contributed by atoms with van der Waals surface area (Å²) in [7, 11) is 0. The zero-order chi connectivity index (χ0) is 22.2. The van der Waals surface area contributed by atoms with Crippen molar-refractivity contribution in [3.05, 3.63) is 39.5 Å². The van der Waals surface area contributed by atoms with Gasteiger partial charge in [-0.25, -0.2) is 4.79 Å². The first-order valence-corrected chi connectivity index (χ1v) is 9.61. The number of esters is 1. The van der Waals surface area contributed by atoms with Crippen LogP contribution in [0.15, 0.2) is 11.6 Å². The van der Waals surface area contributed by atoms with Crippen LogP contribution in [0, 0.1) is 6.92 Å². The second-order valence-electron chi connectivity index (χ2n) is 7.70. The van der Waals surface area contributed by atoms with Crippen molar-refractivity contribution in [3.63, 3.8) is 0 Å². The van der Waals surface area contributed by atoms with Gasteiger partial charge in [0.05, 0.1) is 11.3 Å². The Morgan fingerprint density at radius 2 is 1.93 bits per heavy atom. The molecule has 0 aromatic heterocycles. The van der Waals surface area contributed by atoms with Gasteiger partial charge in [0.25, 0.3) is 0 Å². The van der Waals surface area contributed by atoms with Gasteiger partial charge in [-0.05, 0) is 62.1 Å². The van der Waals surface area contributed by atoms with Crippen molar-refractivity contribution in [2.45, 2.75) is 64.7 Å². The third-order valence-electron chi connectivity index (χ3n) is 5.46. The molecule has 2 aliphatic rings.